The SMILES string of the molecule is Cc1ncc([N+](=O)[O-])n1CCOC(=O)CCc1cccc(Cl)c1. The fourth-order valence-electron chi connectivity index (χ4n) is 2.14. The minimum Gasteiger partial charge on any atom is -0.461 e. The largest absolute Gasteiger partial charge is 0.461 e. The van der Waals surface area contributed by atoms with Gasteiger partial charge in [-0.15, -0.1) is 0 Å². The van der Waals surface area contributed by atoms with E-state index in [4.69, 9.17) is 16.3 Å². The molecule has 0 amide bonds. The molecule has 0 aliphatic carbocycles. The Hall–Kier alpha value is -2.41. The van der Waals surface area contributed by atoms with Crippen LogP contribution in [0.3, 0.4) is 0 Å². The first-order valence-corrected chi connectivity index (χ1v) is 7.42. The third-order valence-corrected chi connectivity index (χ3v) is 3.54. The third-order valence-electron chi connectivity index (χ3n) is 3.31. The molecule has 0 fully saturated rings. The van der Waals surface area contributed by atoms with E-state index in [2.05, 4.69) is 4.98 Å². The molecule has 0 atom stereocenters. The van der Waals surface area contributed by atoms with Crippen LogP contribution in [0.5, 0.6) is 0 Å². The van der Waals surface area contributed by atoms with Crippen LogP contribution in [-0.4, -0.2) is 27.1 Å². The van der Waals surface area contributed by atoms with Crippen LogP contribution in [0.1, 0.15) is 17.8 Å². The molecule has 8 heteroatoms. The van der Waals surface area contributed by atoms with Gasteiger partial charge in [-0.3, -0.25) is 4.79 Å². The Balaban J connectivity index is 1.79. The summed E-state index contributed by atoms with van der Waals surface area (Å²) in [6, 6.07) is 7.28. The number of aromatic nitrogens is 2. The van der Waals surface area contributed by atoms with E-state index in [1.165, 1.54) is 10.8 Å². The molecule has 0 spiro atoms. The van der Waals surface area contributed by atoms with Gasteiger partial charge >= 0.3 is 11.8 Å². The first-order chi connectivity index (χ1) is 11.0. The monoisotopic (exact) mass is 337 g/mol. The van der Waals surface area contributed by atoms with Crippen molar-refractivity contribution in [3.8, 4) is 0 Å². The average Bonchev–Trinajstić information content (AvgIpc) is 2.87. The average molecular weight is 338 g/mol. The fraction of sp³-hybridized carbons (Fsp3) is 0.333. The van der Waals surface area contributed by atoms with Crippen molar-refractivity contribution < 1.29 is 14.5 Å². The summed E-state index contributed by atoms with van der Waals surface area (Å²) in [6.07, 6.45) is 1.95. The van der Waals surface area contributed by atoms with Gasteiger partial charge in [-0.25, -0.2) is 9.55 Å². The van der Waals surface area contributed by atoms with Crippen LogP contribution in [0.4, 0.5) is 5.82 Å². The molecule has 23 heavy (non-hydrogen) atoms. The van der Waals surface area contributed by atoms with Crippen LogP contribution in [0.2, 0.25) is 5.02 Å². The number of hydrogen-bond acceptors (Lipinski definition) is 5. The number of esters is 1. The van der Waals surface area contributed by atoms with Gasteiger partial charge in [-0.2, -0.15) is 0 Å². The summed E-state index contributed by atoms with van der Waals surface area (Å²) in [7, 11) is 0. The van der Waals surface area contributed by atoms with Crippen molar-refractivity contribution in [1.29, 1.82) is 0 Å². The summed E-state index contributed by atoms with van der Waals surface area (Å²) >= 11 is 5.88. The Kier molecular flexibility index (Phi) is 5.70. The number of carbonyl (C=O) groups excluding carboxylic acids is 1. The number of imidazole rings is 1. The maximum atomic E-state index is 11.7. The van der Waals surface area contributed by atoms with Crippen molar-refractivity contribution in [2.45, 2.75) is 26.3 Å². The van der Waals surface area contributed by atoms with Crippen LogP contribution in [-0.2, 0) is 22.5 Å². The zero-order valence-corrected chi connectivity index (χ0v) is 13.3. The molecular weight excluding hydrogens is 322 g/mol. The van der Waals surface area contributed by atoms with Gasteiger partial charge in [-0.05, 0) is 29.0 Å². The molecule has 122 valence electrons. The Morgan fingerprint density at radius 3 is 2.96 bits per heavy atom. The fourth-order valence-corrected chi connectivity index (χ4v) is 2.35. The van der Waals surface area contributed by atoms with E-state index in [0.717, 1.165) is 5.56 Å². The summed E-state index contributed by atoms with van der Waals surface area (Å²) < 4.78 is 6.52. The summed E-state index contributed by atoms with van der Waals surface area (Å²) in [5.41, 5.74) is 0.954. The van der Waals surface area contributed by atoms with E-state index >= 15 is 0 Å². The van der Waals surface area contributed by atoms with Gasteiger partial charge < -0.3 is 14.9 Å². The van der Waals surface area contributed by atoms with E-state index in [0.29, 0.717) is 17.3 Å². The number of rotatable bonds is 7. The summed E-state index contributed by atoms with van der Waals surface area (Å²) in [5.74, 6) is 0.0366. The smallest absolute Gasteiger partial charge is 0.342 e. The number of aryl methyl sites for hydroxylation is 2. The van der Waals surface area contributed by atoms with Crippen molar-refractivity contribution in [3.05, 3.63) is 57.0 Å². The van der Waals surface area contributed by atoms with Crippen molar-refractivity contribution in [1.82, 2.24) is 9.55 Å². The number of ether oxygens (including phenoxy) is 1. The molecule has 7 nitrogen and oxygen atoms in total. The minimum absolute atomic E-state index is 0.0619. The highest BCUT2D eigenvalue weighted by Crippen LogP contribution is 2.14. The second-order valence-electron chi connectivity index (χ2n) is 4.92. The van der Waals surface area contributed by atoms with E-state index < -0.39 is 4.92 Å². The number of nitro groups is 1. The lowest BCUT2D eigenvalue weighted by Gasteiger charge is -2.06. The maximum Gasteiger partial charge on any atom is 0.342 e. The number of halogens is 1. The Morgan fingerprint density at radius 1 is 1.48 bits per heavy atom. The molecule has 2 rings (SSSR count). The number of nitrogens with zero attached hydrogens (tertiary/aromatic N) is 3. The zero-order chi connectivity index (χ0) is 16.8. The first-order valence-electron chi connectivity index (χ1n) is 7.04. The molecule has 0 N–H and O–H groups in total. The van der Waals surface area contributed by atoms with Gasteiger partial charge in [0.25, 0.3) is 0 Å². The van der Waals surface area contributed by atoms with Crippen LogP contribution in [0.15, 0.2) is 30.5 Å². The molecular formula is C15H16ClN3O4. The maximum absolute atomic E-state index is 11.7. The van der Waals surface area contributed by atoms with E-state index in [1.807, 2.05) is 12.1 Å². The van der Waals surface area contributed by atoms with E-state index in [-0.39, 0.29) is 31.4 Å². The first kappa shape index (κ1) is 17.0. The molecule has 0 saturated heterocycles. The van der Waals surface area contributed by atoms with Gasteiger partial charge in [0.05, 0.1) is 0 Å². The Morgan fingerprint density at radius 2 is 2.26 bits per heavy atom. The topological polar surface area (TPSA) is 87.3 Å². The standard InChI is InChI=1S/C15H16ClN3O4/c1-11-17-10-14(19(21)22)18(11)7-8-23-15(20)6-5-12-3-2-4-13(16)9-12/h2-4,9-10H,5-8H2,1H3. The van der Waals surface area contributed by atoms with Gasteiger partial charge in [0, 0.05) is 18.4 Å². The van der Waals surface area contributed by atoms with Gasteiger partial charge in [-0.1, -0.05) is 23.7 Å². The Bertz CT molecular complexity index is 714. The summed E-state index contributed by atoms with van der Waals surface area (Å²) in [4.78, 5) is 25.9. The predicted octanol–water partition coefficient (Wildman–Crippen LogP) is 2.93. The number of benzene rings is 1. The predicted molar refractivity (Wildman–Crippen MR) is 84.4 cm³/mol. The molecule has 0 bridgehead atoms. The lowest BCUT2D eigenvalue weighted by atomic mass is 10.1. The molecule has 1 heterocycles. The zero-order valence-electron chi connectivity index (χ0n) is 12.6. The second-order valence-corrected chi connectivity index (χ2v) is 5.36. The van der Waals surface area contributed by atoms with Crippen molar-refractivity contribution in [2.75, 3.05) is 6.61 Å². The third kappa shape index (κ3) is 4.79. The lowest BCUT2D eigenvalue weighted by Crippen LogP contribution is -2.14. The highest BCUT2D eigenvalue weighted by molar-refractivity contribution is 6.30. The molecule has 0 radical (unpaired) electrons. The van der Waals surface area contributed by atoms with E-state index in [9.17, 15) is 14.9 Å². The normalized spacial score (nSPS) is 10.5. The molecule has 0 aliphatic heterocycles. The van der Waals surface area contributed by atoms with Crippen LogP contribution < -0.4 is 0 Å². The molecule has 0 aliphatic rings. The highest BCUT2D eigenvalue weighted by Gasteiger charge is 2.17. The van der Waals surface area contributed by atoms with Gasteiger partial charge in [0.15, 0.2) is 5.82 Å². The Labute approximate surface area is 138 Å². The second kappa shape index (κ2) is 7.73. The molecule has 2 aromatic rings. The molecule has 0 saturated carbocycles. The van der Waals surface area contributed by atoms with Crippen LogP contribution in [0.25, 0.3) is 0 Å². The quantitative estimate of drug-likeness (QED) is 0.440. The molecule has 1 aromatic carbocycles. The minimum atomic E-state index is -0.513. The van der Waals surface area contributed by atoms with Crippen LogP contribution in [0, 0.1) is 17.0 Å². The van der Waals surface area contributed by atoms with Crippen molar-refractivity contribution in [3.63, 3.8) is 0 Å². The van der Waals surface area contributed by atoms with Gasteiger partial charge in [0.1, 0.15) is 19.3 Å². The highest BCUT2D eigenvalue weighted by atomic mass is 35.5. The molecule has 1 aromatic heterocycles. The summed E-state index contributed by atoms with van der Waals surface area (Å²) in [6.45, 7) is 1.92. The van der Waals surface area contributed by atoms with Crippen molar-refractivity contribution >= 4 is 23.4 Å². The van der Waals surface area contributed by atoms with Crippen LogP contribution >= 0.6 is 11.6 Å². The van der Waals surface area contributed by atoms with E-state index in [1.54, 1.807) is 19.1 Å². The summed E-state index contributed by atoms with van der Waals surface area (Å²) in [5, 5.41) is 11.5. The molecule has 0 unspecified atom stereocenters. The van der Waals surface area contributed by atoms with Crippen molar-refractivity contribution in [2.24, 2.45) is 0 Å². The van der Waals surface area contributed by atoms with Gasteiger partial charge in [0.2, 0.25) is 0 Å². The number of hydrogen-bond donors (Lipinski definition) is 0. The number of carbonyl (C=O) groups is 1. The lowest BCUT2D eigenvalue weighted by molar-refractivity contribution is -0.392.